The Bertz CT molecular complexity index is 364. The number of aryl methyl sites for hydroxylation is 1. The van der Waals surface area contributed by atoms with Gasteiger partial charge >= 0.3 is 5.97 Å². The van der Waals surface area contributed by atoms with Gasteiger partial charge in [0, 0.05) is 11.3 Å². The Balaban J connectivity index is 2.52. The maximum Gasteiger partial charge on any atom is 0.311 e. The third-order valence-corrected chi connectivity index (χ3v) is 2.31. The minimum absolute atomic E-state index is 0.301. The van der Waals surface area contributed by atoms with Crippen LogP contribution in [0.3, 0.4) is 0 Å². The predicted molar refractivity (Wildman–Crippen MR) is 45.1 cm³/mol. The molecule has 0 amide bonds. The third-order valence-electron chi connectivity index (χ3n) is 2.31. The molecule has 1 unspecified atom stereocenters. The summed E-state index contributed by atoms with van der Waals surface area (Å²) in [6.07, 6.45) is 2.63. The SMILES string of the molecule is Nc1ncnc2c1C(C(=O)O)CC2. The molecule has 1 aliphatic rings. The second-order valence-electron chi connectivity index (χ2n) is 3.05. The number of nitrogens with zero attached hydrogens (tertiary/aromatic N) is 2. The molecule has 3 N–H and O–H groups in total. The molecule has 1 aromatic heterocycles. The number of fused-ring (bicyclic) bond motifs is 1. The van der Waals surface area contributed by atoms with Crippen LogP contribution in [0, 0.1) is 0 Å². The number of hydrogen-bond donors (Lipinski definition) is 2. The first-order chi connectivity index (χ1) is 6.20. The zero-order valence-corrected chi connectivity index (χ0v) is 6.90. The number of aliphatic carboxylic acids is 1. The van der Waals surface area contributed by atoms with Crippen molar-refractivity contribution in [2.45, 2.75) is 18.8 Å². The summed E-state index contributed by atoms with van der Waals surface area (Å²) in [5.74, 6) is -1.06. The van der Waals surface area contributed by atoms with Crippen molar-refractivity contribution >= 4 is 11.8 Å². The van der Waals surface area contributed by atoms with Crippen molar-refractivity contribution in [2.24, 2.45) is 0 Å². The van der Waals surface area contributed by atoms with Crippen LogP contribution in [0.5, 0.6) is 0 Å². The molecule has 0 bridgehead atoms. The fourth-order valence-corrected chi connectivity index (χ4v) is 1.70. The van der Waals surface area contributed by atoms with E-state index in [0.29, 0.717) is 24.2 Å². The van der Waals surface area contributed by atoms with Crippen LogP contribution in [-0.2, 0) is 11.2 Å². The van der Waals surface area contributed by atoms with Crippen LogP contribution in [0.1, 0.15) is 23.6 Å². The molecule has 68 valence electrons. The summed E-state index contributed by atoms with van der Waals surface area (Å²) >= 11 is 0. The van der Waals surface area contributed by atoms with E-state index in [1.165, 1.54) is 6.33 Å². The van der Waals surface area contributed by atoms with Crippen molar-refractivity contribution in [1.82, 2.24) is 9.97 Å². The van der Waals surface area contributed by atoms with Gasteiger partial charge in [0.2, 0.25) is 0 Å². The highest BCUT2D eigenvalue weighted by Crippen LogP contribution is 2.34. The topological polar surface area (TPSA) is 89.1 Å². The van der Waals surface area contributed by atoms with E-state index < -0.39 is 11.9 Å². The van der Waals surface area contributed by atoms with E-state index >= 15 is 0 Å². The molecule has 0 radical (unpaired) electrons. The van der Waals surface area contributed by atoms with Crippen molar-refractivity contribution < 1.29 is 9.90 Å². The maximum absolute atomic E-state index is 10.8. The highest BCUT2D eigenvalue weighted by Gasteiger charge is 2.31. The Morgan fingerprint density at radius 1 is 1.62 bits per heavy atom. The molecule has 1 atom stereocenters. The number of hydrogen-bond acceptors (Lipinski definition) is 4. The summed E-state index contributed by atoms with van der Waals surface area (Å²) in [5, 5.41) is 8.87. The van der Waals surface area contributed by atoms with E-state index in [9.17, 15) is 4.79 Å². The molecule has 0 saturated carbocycles. The van der Waals surface area contributed by atoms with Gasteiger partial charge in [-0.25, -0.2) is 9.97 Å². The Morgan fingerprint density at radius 2 is 2.38 bits per heavy atom. The highest BCUT2D eigenvalue weighted by atomic mass is 16.4. The zero-order chi connectivity index (χ0) is 9.42. The van der Waals surface area contributed by atoms with Crippen molar-refractivity contribution in [3.8, 4) is 0 Å². The molecule has 2 rings (SSSR count). The lowest BCUT2D eigenvalue weighted by atomic mass is 10.0. The summed E-state index contributed by atoms with van der Waals surface area (Å²) in [6.45, 7) is 0. The number of rotatable bonds is 1. The number of carboxylic acids is 1. The molecule has 1 heterocycles. The van der Waals surface area contributed by atoms with Crippen molar-refractivity contribution in [2.75, 3.05) is 5.73 Å². The van der Waals surface area contributed by atoms with Crippen molar-refractivity contribution in [1.29, 1.82) is 0 Å². The second kappa shape index (κ2) is 2.69. The van der Waals surface area contributed by atoms with Gasteiger partial charge in [0.15, 0.2) is 0 Å². The monoisotopic (exact) mass is 179 g/mol. The van der Waals surface area contributed by atoms with E-state index in [1.807, 2.05) is 0 Å². The first kappa shape index (κ1) is 7.97. The largest absolute Gasteiger partial charge is 0.481 e. The van der Waals surface area contributed by atoms with Crippen LogP contribution < -0.4 is 5.73 Å². The first-order valence-corrected chi connectivity index (χ1v) is 4.02. The highest BCUT2D eigenvalue weighted by molar-refractivity contribution is 5.79. The number of nitrogens with two attached hydrogens (primary N) is 1. The van der Waals surface area contributed by atoms with Crippen LogP contribution in [0.15, 0.2) is 6.33 Å². The lowest BCUT2D eigenvalue weighted by Crippen LogP contribution is -2.11. The minimum Gasteiger partial charge on any atom is -0.481 e. The fourth-order valence-electron chi connectivity index (χ4n) is 1.70. The predicted octanol–water partition coefficient (Wildman–Crippen LogP) is 0.173. The van der Waals surface area contributed by atoms with Crippen LogP contribution in [0.4, 0.5) is 5.82 Å². The molecular formula is C8H9N3O2. The summed E-state index contributed by atoms with van der Waals surface area (Å²) in [7, 11) is 0. The lowest BCUT2D eigenvalue weighted by molar-refractivity contribution is -0.138. The fraction of sp³-hybridized carbons (Fsp3) is 0.375. The Labute approximate surface area is 74.6 Å². The van der Waals surface area contributed by atoms with Gasteiger partial charge in [-0.3, -0.25) is 4.79 Å². The number of carbonyl (C=O) groups is 1. The molecule has 0 spiro atoms. The summed E-state index contributed by atoms with van der Waals surface area (Å²) in [6, 6.07) is 0. The molecule has 0 aromatic carbocycles. The van der Waals surface area contributed by atoms with E-state index in [-0.39, 0.29) is 0 Å². The average molecular weight is 179 g/mol. The van der Waals surface area contributed by atoms with E-state index in [0.717, 1.165) is 5.69 Å². The maximum atomic E-state index is 10.8. The van der Waals surface area contributed by atoms with Gasteiger partial charge in [-0.1, -0.05) is 0 Å². The standard InChI is InChI=1S/C8H9N3O2/c9-7-6-4(8(12)13)1-2-5(6)10-3-11-7/h3-4H,1-2H2,(H,12,13)(H2,9,10,11). The van der Waals surface area contributed by atoms with E-state index in [1.54, 1.807) is 0 Å². The molecular weight excluding hydrogens is 170 g/mol. The van der Waals surface area contributed by atoms with Gasteiger partial charge in [-0.2, -0.15) is 0 Å². The van der Waals surface area contributed by atoms with Gasteiger partial charge < -0.3 is 10.8 Å². The van der Waals surface area contributed by atoms with Gasteiger partial charge in [0.05, 0.1) is 5.92 Å². The smallest absolute Gasteiger partial charge is 0.311 e. The molecule has 5 nitrogen and oxygen atoms in total. The molecule has 5 heteroatoms. The Hall–Kier alpha value is -1.65. The molecule has 13 heavy (non-hydrogen) atoms. The summed E-state index contributed by atoms with van der Waals surface area (Å²) in [5.41, 5.74) is 6.97. The van der Waals surface area contributed by atoms with Gasteiger partial charge in [-0.15, -0.1) is 0 Å². The quantitative estimate of drug-likeness (QED) is 0.641. The Kier molecular flexibility index (Phi) is 1.65. The zero-order valence-electron chi connectivity index (χ0n) is 6.90. The summed E-state index contributed by atoms with van der Waals surface area (Å²) in [4.78, 5) is 18.6. The first-order valence-electron chi connectivity index (χ1n) is 4.02. The second-order valence-corrected chi connectivity index (χ2v) is 3.05. The van der Waals surface area contributed by atoms with Crippen LogP contribution >= 0.6 is 0 Å². The molecule has 0 saturated heterocycles. The third kappa shape index (κ3) is 1.12. The normalized spacial score (nSPS) is 19.8. The number of nitrogen functional groups attached to an aromatic ring is 1. The van der Waals surface area contributed by atoms with Crippen LogP contribution in [-0.4, -0.2) is 21.0 Å². The number of aromatic nitrogens is 2. The van der Waals surface area contributed by atoms with Crippen molar-refractivity contribution in [3.05, 3.63) is 17.6 Å². The van der Waals surface area contributed by atoms with Gasteiger partial charge in [0.1, 0.15) is 12.1 Å². The molecule has 0 fully saturated rings. The average Bonchev–Trinajstić information content (AvgIpc) is 2.49. The van der Waals surface area contributed by atoms with Crippen LogP contribution in [0.25, 0.3) is 0 Å². The molecule has 1 aliphatic carbocycles. The number of anilines is 1. The van der Waals surface area contributed by atoms with Gasteiger partial charge in [0.25, 0.3) is 0 Å². The number of carboxylic acid groups (broad SMARTS) is 1. The molecule has 0 aliphatic heterocycles. The summed E-state index contributed by atoms with van der Waals surface area (Å²) < 4.78 is 0. The Morgan fingerprint density at radius 3 is 3.08 bits per heavy atom. The van der Waals surface area contributed by atoms with E-state index in [2.05, 4.69) is 9.97 Å². The molecule has 1 aromatic rings. The van der Waals surface area contributed by atoms with Crippen molar-refractivity contribution in [3.63, 3.8) is 0 Å². The van der Waals surface area contributed by atoms with Crippen LogP contribution in [0.2, 0.25) is 0 Å². The van der Waals surface area contributed by atoms with Gasteiger partial charge in [-0.05, 0) is 12.8 Å². The minimum atomic E-state index is -0.847. The van der Waals surface area contributed by atoms with E-state index in [4.69, 9.17) is 10.8 Å². The lowest BCUT2D eigenvalue weighted by Gasteiger charge is -2.06.